The van der Waals surface area contributed by atoms with Crippen molar-refractivity contribution < 1.29 is 4.42 Å². The minimum absolute atomic E-state index is 0.598. The third kappa shape index (κ3) is 5.55. The summed E-state index contributed by atoms with van der Waals surface area (Å²) in [5.74, 6) is 0.660. The maximum absolute atomic E-state index is 7.51. The molecule has 0 aliphatic rings. The molecule has 0 N–H and O–H groups in total. The Bertz CT molecular complexity index is 3410. The number of nitrogens with zero attached hydrogens (tertiary/aromatic N) is 4. The topological polar surface area (TPSA) is 48.2 Å². The number of hydrogen-bond acceptors (Lipinski definition) is 3. The third-order valence-electron chi connectivity index (χ3n) is 11.0. The zero-order valence-electron chi connectivity index (χ0n) is 31.2. The first-order chi connectivity index (χ1) is 28.7. The number of benzene rings is 8. The van der Waals surface area contributed by atoms with Crippen LogP contribution < -0.4 is 0 Å². The van der Waals surface area contributed by atoms with Gasteiger partial charge in [0.25, 0.3) is 0 Å². The minimum Gasteiger partial charge on any atom is -0.456 e. The Balaban J connectivity index is 1.08. The Morgan fingerprint density at radius 1 is 0.466 bits per heavy atom. The van der Waals surface area contributed by atoms with E-state index in [-0.39, 0.29) is 0 Å². The van der Waals surface area contributed by atoms with Gasteiger partial charge >= 0.3 is 0 Å². The van der Waals surface area contributed by atoms with Crippen LogP contribution in [0.5, 0.6) is 0 Å². The maximum atomic E-state index is 7.51. The molecule has 0 radical (unpaired) electrons. The average Bonchev–Trinajstić information content (AvgIpc) is 3.85. The molecule has 11 aromatic rings. The Labute approximate surface area is 334 Å². The molecule has 270 valence electrons. The lowest BCUT2D eigenvalue weighted by atomic mass is 9.96. The van der Waals surface area contributed by atoms with Crippen LogP contribution in [0.4, 0.5) is 5.69 Å². The highest BCUT2D eigenvalue weighted by Crippen LogP contribution is 2.41. The smallest absolute Gasteiger partial charge is 0.188 e. The van der Waals surface area contributed by atoms with Crippen molar-refractivity contribution in [2.24, 2.45) is 0 Å². The van der Waals surface area contributed by atoms with Gasteiger partial charge in [-0.05, 0) is 76.3 Å². The van der Waals surface area contributed by atoms with Crippen molar-refractivity contribution in [1.29, 1.82) is 0 Å². The highest BCUT2D eigenvalue weighted by atomic mass is 16.3. The first kappa shape index (κ1) is 33.3. The Hall–Kier alpha value is -8.07. The number of furan rings is 1. The summed E-state index contributed by atoms with van der Waals surface area (Å²) >= 11 is 0. The van der Waals surface area contributed by atoms with Gasteiger partial charge in [-0.2, -0.15) is 0 Å². The molecule has 0 aliphatic heterocycles. The van der Waals surface area contributed by atoms with E-state index in [2.05, 4.69) is 173 Å². The highest BCUT2D eigenvalue weighted by Gasteiger charge is 2.22. The number of fused-ring (bicyclic) bond motifs is 6. The standard InChI is InChI=1S/C53H32N4O/c1-54-41-28-29-48-46(33-41)44-26-13-25-43(52(44)58-48)38-19-10-17-36(30-38)37-18-12-21-40(32-37)53-55-49(39-20-11-16-35(31-39)34-14-4-2-5-15-34)51-50(56-53)45-24-8-9-27-47(45)57(51)42-22-6-3-7-23-42/h2-33H. The van der Waals surface area contributed by atoms with E-state index in [0.29, 0.717) is 11.5 Å². The molecule has 0 saturated heterocycles. The van der Waals surface area contributed by atoms with Crippen LogP contribution in [0.15, 0.2) is 199 Å². The van der Waals surface area contributed by atoms with Crippen LogP contribution in [0.1, 0.15) is 0 Å². The fourth-order valence-electron chi connectivity index (χ4n) is 8.28. The molecule has 5 nitrogen and oxygen atoms in total. The normalized spacial score (nSPS) is 11.4. The van der Waals surface area contributed by atoms with Crippen molar-refractivity contribution >= 4 is 49.6 Å². The van der Waals surface area contributed by atoms with E-state index in [1.807, 2.05) is 24.3 Å². The summed E-state index contributed by atoms with van der Waals surface area (Å²) in [5, 5.41) is 3.01. The Morgan fingerprint density at radius 3 is 1.86 bits per heavy atom. The molecule has 0 spiro atoms. The van der Waals surface area contributed by atoms with E-state index < -0.39 is 0 Å². The van der Waals surface area contributed by atoms with Crippen molar-refractivity contribution in [3.8, 4) is 61.7 Å². The summed E-state index contributed by atoms with van der Waals surface area (Å²) in [6.07, 6.45) is 0. The van der Waals surface area contributed by atoms with Crippen molar-refractivity contribution in [2.75, 3.05) is 0 Å². The van der Waals surface area contributed by atoms with Crippen LogP contribution in [0.25, 0.3) is 110 Å². The monoisotopic (exact) mass is 740 g/mol. The highest BCUT2D eigenvalue weighted by molar-refractivity contribution is 6.12. The van der Waals surface area contributed by atoms with Gasteiger partial charge in [0, 0.05) is 38.5 Å². The van der Waals surface area contributed by atoms with Gasteiger partial charge in [-0.1, -0.05) is 146 Å². The van der Waals surface area contributed by atoms with Gasteiger partial charge in [0.1, 0.15) is 16.7 Å². The molecule has 0 aliphatic carbocycles. The van der Waals surface area contributed by atoms with Crippen LogP contribution in [-0.2, 0) is 0 Å². The zero-order valence-corrected chi connectivity index (χ0v) is 31.2. The van der Waals surface area contributed by atoms with E-state index in [0.717, 1.165) is 99.8 Å². The van der Waals surface area contributed by atoms with Crippen LogP contribution in [0.2, 0.25) is 0 Å². The largest absolute Gasteiger partial charge is 0.456 e. The first-order valence-corrected chi connectivity index (χ1v) is 19.3. The molecule has 58 heavy (non-hydrogen) atoms. The summed E-state index contributed by atoms with van der Waals surface area (Å²) in [7, 11) is 0. The van der Waals surface area contributed by atoms with E-state index in [9.17, 15) is 0 Å². The van der Waals surface area contributed by atoms with E-state index in [1.54, 1.807) is 6.07 Å². The van der Waals surface area contributed by atoms with Gasteiger partial charge in [0.15, 0.2) is 11.5 Å². The number of hydrogen-bond donors (Lipinski definition) is 0. The van der Waals surface area contributed by atoms with Gasteiger partial charge < -0.3 is 8.98 Å². The Kier molecular flexibility index (Phi) is 7.80. The minimum atomic E-state index is 0.598. The van der Waals surface area contributed by atoms with E-state index in [4.69, 9.17) is 21.0 Å². The lowest BCUT2D eigenvalue weighted by molar-refractivity contribution is 0.670. The zero-order chi connectivity index (χ0) is 38.6. The van der Waals surface area contributed by atoms with Gasteiger partial charge in [0.05, 0.1) is 23.3 Å². The summed E-state index contributed by atoms with van der Waals surface area (Å²) in [6.45, 7) is 7.51. The predicted octanol–water partition coefficient (Wildman–Crippen LogP) is 14.4. The lowest BCUT2D eigenvalue weighted by Crippen LogP contribution is -2.00. The summed E-state index contributed by atoms with van der Waals surface area (Å²) in [6, 6.07) is 67.0. The van der Waals surface area contributed by atoms with E-state index >= 15 is 0 Å². The van der Waals surface area contributed by atoms with Gasteiger partial charge in [0.2, 0.25) is 0 Å². The molecule has 0 saturated carbocycles. The Morgan fingerprint density at radius 2 is 1.07 bits per heavy atom. The molecule has 0 atom stereocenters. The number of para-hydroxylation sites is 3. The molecule has 0 fully saturated rings. The second-order valence-corrected chi connectivity index (χ2v) is 14.5. The third-order valence-corrected chi connectivity index (χ3v) is 11.0. The van der Waals surface area contributed by atoms with Crippen LogP contribution in [-0.4, -0.2) is 14.5 Å². The molecule has 0 bridgehead atoms. The molecule has 11 rings (SSSR count). The lowest BCUT2D eigenvalue weighted by Gasteiger charge is -2.13. The van der Waals surface area contributed by atoms with Gasteiger partial charge in [-0.15, -0.1) is 0 Å². The molecular weight excluding hydrogens is 709 g/mol. The van der Waals surface area contributed by atoms with Gasteiger partial charge in [-0.25, -0.2) is 14.8 Å². The molecule has 0 unspecified atom stereocenters. The fourth-order valence-corrected chi connectivity index (χ4v) is 8.28. The summed E-state index contributed by atoms with van der Waals surface area (Å²) in [4.78, 5) is 14.5. The molecule has 3 heterocycles. The first-order valence-electron chi connectivity index (χ1n) is 19.3. The second kappa shape index (κ2) is 13.6. The van der Waals surface area contributed by atoms with Crippen LogP contribution in [0, 0.1) is 6.57 Å². The number of aromatic nitrogens is 3. The van der Waals surface area contributed by atoms with Gasteiger partial charge in [-0.3, -0.25) is 0 Å². The fraction of sp³-hybridized carbons (Fsp3) is 0. The van der Waals surface area contributed by atoms with Crippen molar-refractivity contribution in [2.45, 2.75) is 0 Å². The molecule has 3 aromatic heterocycles. The van der Waals surface area contributed by atoms with E-state index in [1.165, 1.54) is 0 Å². The second-order valence-electron chi connectivity index (χ2n) is 14.5. The maximum Gasteiger partial charge on any atom is 0.188 e. The molecular formula is C53H32N4O. The molecule has 8 aromatic carbocycles. The predicted molar refractivity (Wildman–Crippen MR) is 237 cm³/mol. The van der Waals surface area contributed by atoms with Crippen LogP contribution in [0.3, 0.4) is 0 Å². The van der Waals surface area contributed by atoms with Crippen LogP contribution >= 0.6 is 0 Å². The molecule has 0 amide bonds. The van der Waals surface area contributed by atoms with Crippen molar-refractivity contribution in [3.63, 3.8) is 0 Å². The molecule has 5 heteroatoms. The number of rotatable bonds is 6. The quantitative estimate of drug-likeness (QED) is 0.160. The summed E-state index contributed by atoms with van der Waals surface area (Å²) in [5.41, 5.74) is 15.4. The summed E-state index contributed by atoms with van der Waals surface area (Å²) < 4.78 is 8.71. The van der Waals surface area contributed by atoms with Crippen molar-refractivity contribution in [3.05, 3.63) is 206 Å². The van der Waals surface area contributed by atoms with Crippen molar-refractivity contribution in [1.82, 2.24) is 14.5 Å². The SMILES string of the molecule is [C-]#[N+]c1ccc2oc3c(-c4cccc(-c5cccc(-c6nc(-c7cccc(-c8ccccc8)c7)c7c(n6)c6ccccc6n7-c6ccccc6)c5)c4)cccc3c2c1. The average molecular weight is 741 g/mol.